The minimum Gasteiger partial charge on any atom is -0.342 e. The van der Waals surface area contributed by atoms with E-state index in [9.17, 15) is 9.18 Å². The number of nitrogens with zero attached hydrogens (tertiary/aromatic N) is 2. The first kappa shape index (κ1) is 18.6. The summed E-state index contributed by atoms with van der Waals surface area (Å²) in [6, 6.07) is 5.52. The maximum absolute atomic E-state index is 14.6. The Labute approximate surface area is 177 Å². The zero-order valence-electron chi connectivity index (χ0n) is 15.8. The quantitative estimate of drug-likeness (QED) is 0.659. The summed E-state index contributed by atoms with van der Waals surface area (Å²) in [4.78, 5) is 18.1. The molecular formula is C21H23BrFN3OS. The van der Waals surface area contributed by atoms with E-state index in [0.29, 0.717) is 23.8 Å². The van der Waals surface area contributed by atoms with Crippen molar-refractivity contribution in [3.05, 3.63) is 50.2 Å². The van der Waals surface area contributed by atoms with Gasteiger partial charge in [-0.15, -0.1) is 0 Å². The molecule has 0 unspecified atom stereocenters. The van der Waals surface area contributed by atoms with Gasteiger partial charge in [0.1, 0.15) is 5.82 Å². The third-order valence-corrected chi connectivity index (χ3v) is 7.82. The molecule has 2 fully saturated rings. The number of benzene rings is 1. The van der Waals surface area contributed by atoms with E-state index in [4.69, 9.17) is 12.2 Å². The molecule has 0 bridgehead atoms. The largest absolute Gasteiger partial charge is 0.342 e. The zero-order valence-corrected chi connectivity index (χ0v) is 18.2. The van der Waals surface area contributed by atoms with E-state index in [2.05, 4.69) is 25.5 Å². The molecule has 7 heteroatoms. The van der Waals surface area contributed by atoms with Gasteiger partial charge in [-0.25, -0.2) is 4.39 Å². The van der Waals surface area contributed by atoms with E-state index in [1.165, 1.54) is 18.9 Å². The number of nitrogens with one attached hydrogen (secondary N) is 1. The molecule has 2 atom stereocenters. The highest BCUT2D eigenvalue weighted by Gasteiger charge is 2.63. The fraction of sp³-hybridized carbons (Fsp3) is 0.524. The molecule has 1 aromatic carbocycles. The smallest absolute Gasteiger partial charge is 0.228 e. The highest BCUT2D eigenvalue weighted by Crippen LogP contribution is 2.66. The second-order valence-corrected chi connectivity index (χ2v) is 9.84. The predicted octanol–water partition coefficient (Wildman–Crippen LogP) is 4.83. The highest BCUT2D eigenvalue weighted by molar-refractivity contribution is 9.10. The number of rotatable bonds is 4. The molecule has 0 radical (unpaired) electrons. The van der Waals surface area contributed by atoms with Crippen LogP contribution in [0.25, 0.3) is 0 Å². The Morgan fingerprint density at radius 3 is 2.93 bits per heavy atom. The van der Waals surface area contributed by atoms with Crippen LogP contribution >= 0.6 is 28.1 Å². The van der Waals surface area contributed by atoms with Gasteiger partial charge in [-0.3, -0.25) is 4.79 Å². The second kappa shape index (κ2) is 6.52. The molecule has 2 aromatic rings. The predicted molar refractivity (Wildman–Crippen MR) is 111 cm³/mol. The summed E-state index contributed by atoms with van der Waals surface area (Å²) < 4.78 is 18.2. The third kappa shape index (κ3) is 2.73. The first-order valence-corrected chi connectivity index (χ1v) is 11.1. The van der Waals surface area contributed by atoms with Gasteiger partial charge in [-0.2, -0.15) is 0 Å². The van der Waals surface area contributed by atoms with Crippen LogP contribution in [0.5, 0.6) is 0 Å². The van der Waals surface area contributed by atoms with Crippen LogP contribution in [0.15, 0.2) is 22.7 Å². The molecule has 148 valence electrons. The van der Waals surface area contributed by atoms with Crippen molar-refractivity contribution >= 4 is 34.1 Å². The normalized spacial score (nSPS) is 25.6. The van der Waals surface area contributed by atoms with Gasteiger partial charge < -0.3 is 14.5 Å². The molecule has 1 aromatic heterocycles. The molecular weight excluding hydrogens is 441 g/mol. The van der Waals surface area contributed by atoms with Crippen molar-refractivity contribution < 1.29 is 9.18 Å². The van der Waals surface area contributed by atoms with Crippen molar-refractivity contribution in [2.75, 3.05) is 7.05 Å². The van der Waals surface area contributed by atoms with Crippen LogP contribution in [0.3, 0.4) is 0 Å². The molecule has 2 saturated carbocycles. The highest BCUT2D eigenvalue weighted by atomic mass is 79.9. The van der Waals surface area contributed by atoms with E-state index in [-0.39, 0.29) is 23.1 Å². The van der Waals surface area contributed by atoms with E-state index in [0.717, 1.165) is 40.7 Å². The van der Waals surface area contributed by atoms with Crippen LogP contribution in [-0.4, -0.2) is 33.4 Å². The van der Waals surface area contributed by atoms with E-state index < -0.39 is 0 Å². The van der Waals surface area contributed by atoms with Crippen LogP contribution in [0, 0.1) is 10.6 Å². The van der Waals surface area contributed by atoms with Crippen molar-refractivity contribution in [3.8, 4) is 0 Å². The zero-order chi connectivity index (χ0) is 19.6. The number of aromatic nitrogens is 2. The van der Waals surface area contributed by atoms with E-state index >= 15 is 0 Å². The van der Waals surface area contributed by atoms with Gasteiger partial charge in [0, 0.05) is 46.8 Å². The Hall–Kier alpha value is -1.47. The summed E-state index contributed by atoms with van der Waals surface area (Å²) in [5, 5.41) is 0. The molecule has 3 aliphatic rings. The minimum atomic E-state index is -0.221. The van der Waals surface area contributed by atoms with Gasteiger partial charge in [-0.1, -0.05) is 28.8 Å². The lowest BCUT2D eigenvalue weighted by Gasteiger charge is -2.24. The Kier molecular flexibility index (Phi) is 4.32. The molecule has 0 saturated heterocycles. The molecule has 1 N–H and O–H groups in total. The van der Waals surface area contributed by atoms with Crippen molar-refractivity contribution in [1.82, 2.24) is 14.5 Å². The number of hydrogen-bond donors (Lipinski definition) is 1. The van der Waals surface area contributed by atoms with Gasteiger partial charge in [0.05, 0.1) is 6.42 Å². The number of hydrogen-bond acceptors (Lipinski definition) is 2. The first-order chi connectivity index (χ1) is 13.4. The van der Waals surface area contributed by atoms with Crippen molar-refractivity contribution in [3.63, 3.8) is 0 Å². The molecule has 4 nitrogen and oxygen atoms in total. The summed E-state index contributed by atoms with van der Waals surface area (Å²) in [7, 11) is 1.92. The number of H-pyrrole nitrogens is 1. The van der Waals surface area contributed by atoms with Crippen LogP contribution in [0.4, 0.5) is 4.39 Å². The molecule has 1 aliphatic heterocycles. The lowest BCUT2D eigenvalue weighted by molar-refractivity contribution is -0.131. The number of carbonyl (C=O) groups excluding carboxylic acids is 1. The third-order valence-electron chi connectivity index (χ3n) is 7.01. The first-order valence-electron chi connectivity index (χ1n) is 9.93. The molecule has 1 amide bonds. The average molecular weight is 464 g/mol. The second-order valence-electron chi connectivity index (χ2n) is 8.54. The monoisotopic (exact) mass is 463 g/mol. The number of fused-ring (bicyclic) bond motifs is 3. The molecule has 2 heterocycles. The number of imidazole rings is 1. The molecule has 2 aliphatic carbocycles. The topological polar surface area (TPSA) is 41.0 Å². The Bertz CT molecular complexity index is 1030. The minimum absolute atomic E-state index is 0.137. The van der Waals surface area contributed by atoms with E-state index in [1.54, 1.807) is 6.07 Å². The van der Waals surface area contributed by atoms with Crippen molar-refractivity contribution in [2.45, 2.75) is 62.4 Å². The molecule has 5 rings (SSSR count). The average Bonchev–Trinajstić information content (AvgIpc) is 3.04. The summed E-state index contributed by atoms with van der Waals surface area (Å²) in [6.07, 6.45) is 5.85. The number of aromatic amines is 1. The number of halogens is 2. The lowest BCUT2D eigenvalue weighted by atomic mass is 9.93. The van der Waals surface area contributed by atoms with Gasteiger partial charge >= 0.3 is 0 Å². The van der Waals surface area contributed by atoms with E-state index in [1.807, 2.05) is 18.0 Å². The van der Waals surface area contributed by atoms with Gasteiger partial charge in [0.2, 0.25) is 5.91 Å². The summed E-state index contributed by atoms with van der Waals surface area (Å²) in [6.45, 7) is 0.683. The maximum atomic E-state index is 14.6. The fourth-order valence-electron chi connectivity index (χ4n) is 5.38. The molecule has 28 heavy (non-hydrogen) atoms. The Morgan fingerprint density at radius 1 is 1.43 bits per heavy atom. The van der Waals surface area contributed by atoms with Crippen molar-refractivity contribution in [2.24, 2.45) is 0 Å². The van der Waals surface area contributed by atoms with Gasteiger partial charge in [0.25, 0.3) is 0 Å². The number of likely N-dealkylation sites (N-methyl/N-ethyl adjacent to an activating group) is 1. The number of carbonyl (C=O) groups is 1. The van der Waals surface area contributed by atoms with Crippen LogP contribution < -0.4 is 0 Å². The maximum Gasteiger partial charge on any atom is 0.228 e. The fourth-order valence-corrected chi connectivity index (χ4v) is 6.02. The lowest BCUT2D eigenvalue weighted by Crippen LogP contribution is -2.36. The SMILES string of the molecule is CN(C(=O)Cc1[nH]c(=S)n2c1[C@@H]1C[C@]1(c1cc(Br)ccc1F)C2)C1CCCC1. The summed E-state index contributed by atoms with van der Waals surface area (Å²) >= 11 is 9.01. The Balaban J connectivity index is 1.43. The van der Waals surface area contributed by atoms with Gasteiger partial charge in [0.15, 0.2) is 4.77 Å². The van der Waals surface area contributed by atoms with Crippen LogP contribution in [0.2, 0.25) is 0 Å². The van der Waals surface area contributed by atoms with Crippen LogP contribution in [0.1, 0.15) is 55.0 Å². The van der Waals surface area contributed by atoms with Crippen molar-refractivity contribution in [1.29, 1.82) is 0 Å². The standard InChI is InChI=1S/C21H23BrFN3OS/c1-25(13-4-2-3-5-13)18(27)9-17-19-15-10-21(15,11-26(19)20(28)24-17)14-8-12(22)6-7-16(14)23/h6-8,13,15H,2-5,9-11H2,1H3,(H,24,28)/t15-,21+/m0/s1. The molecule has 0 spiro atoms. The number of amides is 1. The van der Waals surface area contributed by atoms with Gasteiger partial charge in [-0.05, 0) is 55.2 Å². The Morgan fingerprint density at radius 2 is 2.18 bits per heavy atom. The summed E-state index contributed by atoms with van der Waals surface area (Å²) in [5.74, 6) is 0.201. The summed E-state index contributed by atoms with van der Waals surface area (Å²) in [5.41, 5.74) is 2.56. The van der Waals surface area contributed by atoms with Crippen LogP contribution in [-0.2, 0) is 23.2 Å².